The fourth-order valence-electron chi connectivity index (χ4n) is 3.39. The average Bonchev–Trinajstić information content (AvgIpc) is 3.25. The van der Waals surface area contributed by atoms with Gasteiger partial charge in [-0.2, -0.15) is 5.10 Å². The van der Waals surface area contributed by atoms with Crippen LogP contribution in [0, 0.1) is 6.92 Å². The molecule has 9 nitrogen and oxygen atoms in total. The molecule has 0 aliphatic carbocycles. The van der Waals surface area contributed by atoms with Gasteiger partial charge in [0, 0.05) is 29.5 Å². The molecule has 0 spiro atoms. The van der Waals surface area contributed by atoms with Crippen LogP contribution in [0.3, 0.4) is 0 Å². The predicted octanol–water partition coefficient (Wildman–Crippen LogP) is 4.07. The van der Waals surface area contributed by atoms with Gasteiger partial charge in [0.2, 0.25) is 0 Å². The summed E-state index contributed by atoms with van der Waals surface area (Å²) in [5.41, 5.74) is 8.61. The van der Waals surface area contributed by atoms with E-state index in [2.05, 4.69) is 30.4 Å². The van der Waals surface area contributed by atoms with Gasteiger partial charge in [-0.1, -0.05) is 23.7 Å². The van der Waals surface area contributed by atoms with E-state index in [1.807, 2.05) is 31.2 Å². The van der Waals surface area contributed by atoms with Crippen LogP contribution in [0.15, 0.2) is 67.1 Å². The Labute approximate surface area is 193 Å². The van der Waals surface area contributed by atoms with Crippen molar-refractivity contribution in [1.82, 2.24) is 29.7 Å². The molecule has 0 radical (unpaired) electrons. The van der Waals surface area contributed by atoms with Crippen LogP contribution in [0.2, 0.25) is 5.02 Å². The maximum absolute atomic E-state index is 13.0. The van der Waals surface area contributed by atoms with E-state index in [1.54, 1.807) is 47.5 Å². The van der Waals surface area contributed by atoms with Gasteiger partial charge >= 0.3 is 0 Å². The fourth-order valence-corrected chi connectivity index (χ4v) is 3.66. The van der Waals surface area contributed by atoms with Crippen LogP contribution in [-0.2, 0) is 0 Å². The molecule has 5 aromatic rings. The van der Waals surface area contributed by atoms with Crippen molar-refractivity contribution >= 4 is 40.0 Å². The number of fused-ring (bicyclic) bond motifs is 1. The number of rotatable bonds is 4. The lowest BCUT2D eigenvalue weighted by Gasteiger charge is -2.13. The normalized spacial score (nSPS) is 11.0. The number of benzene rings is 1. The zero-order valence-electron chi connectivity index (χ0n) is 17.4. The molecule has 0 fully saturated rings. The average molecular weight is 457 g/mol. The molecule has 162 valence electrons. The maximum Gasteiger partial charge on any atom is 0.279 e. The standard InChI is InChI=1S/C23H17ClN8O/c1-13-7-10-32(31-13)22-19(15-11-14-5-4-9-27-18(14)16(24)12-15)29-20(21(25)30-22)23(33)28-17-6-2-3-8-26-17/h2-12H,1H3,(H2,25,30)(H,26,28,33). The van der Waals surface area contributed by atoms with Crippen LogP contribution in [0.5, 0.6) is 0 Å². The van der Waals surface area contributed by atoms with Gasteiger partial charge in [-0.05, 0) is 43.3 Å². The van der Waals surface area contributed by atoms with Crippen molar-refractivity contribution in [3.63, 3.8) is 0 Å². The monoisotopic (exact) mass is 456 g/mol. The molecule has 0 bridgehead atoms. The zero-order valence-corrected chi connectivity index (χ0v) is 18.2. The number of hydrogen-bond donors (Lipinski definition) is 2. The molecule has 0 atom stereocenters. The van der Waals surface area contributed by atoms with Crippen LogP contribution in [0.25, 0.3) is 28.0 Å². The number of pyridine rings is 2. The third-order valence-corrected chi connectivity index (χ3v) is 5.19. The summed E-state index contributed by atoms with van der Waals surface area (Å²) >= 11 is 6.51. The molecule has 10 heteroatoms. The van der Waals surface area contributed by atoms with Crippen molar-refractivity contribution in [1.29, 1.82) is 0 Å². The molecule has 4 heterocycles. The van der Waals surface area contributed by atoms with Crippen molar-refractivity contribution in [2.45, 2.75) is 6.92 Å². The number of carbonyl (C=O) groups excluding carboxylic acids is 1. The van der Waals surface area contributed by atoms with Gasteiger partial charge in [0.05, 0.1) is 16.2 Å². The van der Waals surface area contributed by atoms with Crippen LogP contribution in [-0.4, -0.2) is 35.6 Å². The van der Waals surface area contributed by atoms with E-state index in [9.17, 15) is 4.79 Å². The molecule has 0 aliphatic rings. The van der Waals surface area contributed by atoms with Crippen molar-refractivity contribution in [2.24, 2.45) is 0 Å². The predicted molar refractivity (Wildman–Crippen MR) is 126 cm³/mol. The highest BCUT2D eigenvalue weighted by atomic mass is 35.5. The van der Waals surface area contributed by atoms with E-state index in [0.29, 0.717) is 33.4 Å². The Morgan fingerprint density at radius 1 is 1.06 bits per heavy atom. The van der Waals surface area contributed by atoms with Gasteiger partial charge in [-0.3, -0.25) is 9.78 Å². The van der Waals surface area contributed by atoms with Gasteiger partial charge in [0.15, 0.2) is 17.3 Å². The van der Waals surface area contributed by atoms with Crippen LogP contribution in [0.1, 0.15) is 16.2 Å². The Bertz CT molecular complexity index is 1500. The summed E-state index contributed by atoms with van der Waals surface area (Å²) in [6, 6.07) is 14.3. The number of nitrogens with one attached hydrogen (secondary N) is 1. The first kappa shape index (κ1) is 20.5. The first-order chi connectivity index (χ1) is 16.0. The van der Waals surface area contributed by atoms with E-state index >= 15 is 0 Å². The number of aromatic nitrogens is 6. The molecule has 1 aromatic carbocycles. The summed E-state index contributed by atoms with van der Waals surface area (Å²) in [6.07, 6.45) is 5.00. The molecule has 4 aromatic heterocycles. The van der Waals surface area contributed by atoms with Crippen molar-refractivity contribution in [3.8, 4) is 17.1 Å². The van der Waals surface area contributed by atoms with E-state index in [-0.39, 0.29) is 11.5 Å². The molecule has 5 rings (SSSR count). The summed E-state index contributed by atoms with van der Waals surface area (Å²) in [6.45, 7) is 1.86. The van der Waals surface area contributed by atoms with Crippen LogP contribution < -0.4 is 11.1 Å². The number of halogens is 1. The van der Waals surface area contributed by atoms with Gasteiger partial charge < -0.3 is 11.1 Å². The minimum absolute atomic E-state index is 0.0364. The number of hydrogen-bond acceptors (Lipinski definition) is 7. The van der Waals surface area contributed by atoms with E-state index in [4.69, 9.17) is 17.3 Å². The first-order valence-corrected chi connectivity index (χ1v) is 10.3. The molecular weight excluding hydrogens is 440 g/mol. The van der Waals surface area contributed by atoms with E-state index < -0.39 is 5.91 Å². The lowest BCUT2D eigenvalue weighted by molar-refractivity contribution is 0.102. The van der Waals surface area contributed by atoms with Crippen molar-refractivity contribution in [3.05, 3.63) is 83.5 Å². The number of nitrogens with two attached hydrogens (primary N) is 1. The largest absolute Gasteiger partial charge is 0.382 e. The minimum atomic E-state index is -0.531. The Hall–Kier alpha value is -4.37. The fraction of sp³-hybridized carbons (Fsp3) is 0.0435. The molecule has 1 amide bonds. The van der Waals surface area contributed by atoms with Crippen LogP contribution in [0.4, 0.5) is 11.6 Å². The number of carbonyl (C=O) groups is 1. The number of anilines is 2. The molecule has 33 heavy (non-hydrogen) atoms. The molecular formula is C23H17ClN8O. The van der Waals surface area contributed by atoms with Crippen LogP contribution >= 0.6 is 11.6 Å². The van der Waals surface area contributed by atoms with E-state index in [0.717, 1.165) is 11.1 Å². The molecule has 0 saturated carbocycles. The second-order valence-electron chi connectivity index (χ2n) is 7.23. The summed E-state index contributed by atoms with van der Waals surface area (Å²) in [5, 5.41) is 8.40. The van der Waals surface area contributed by atoms with Gasteiger partial charge in [-0.15, -0.1) is 0 Å². The first-order valence-electron chi connectivity index (χ1n) is 9.97. The number of aryl methyl sites for hydroxylation is 1. The smallest absolute Gasteiger partial charge is 0.279 e. The zero-order chi connectivity index (χ0) is 22.9. The maximum atomic E-state index is 13.0. The second-order valence-corrected chi connectivity index (χ2v) is 7.64. The van der Waals surface area contributed by atoms with Gasteiger partial charge in [0.25, 0.3) is 5.91 Å². The Morgan fingerprint density at radius 2 is 1.91 bits per heavy atom. The number of nitrogen functional groups attached to an aromatic ring is 1. The van der Waals surface area contributed by atoms with Gasteiger partial charge in [-0.25, -0.2) is 19.6 Å². The second kappa shape index (κ2) is 8.29. The van der Waals surface area contributed by atoms with Crippen molar-refractivity contribution in [2.75, 3.05) is 11.1 Å². The molecule has 0 unspecified atom stereocenters. The highest BCUT2D eigenvalue weighted by Crippen LogP contribution is 2.32. The topological polar surface area (TPSA) is 124 Å². The summed E-state index contributed by atoms with van der Waals surface area (Å²) in [7, 11) is 0. The Kier molecular flexibility index (Phi) is 5.15. The third kappa shape index (κ3) is 3.97. The summed E-state index contributed by atoms with van der Waals surface area (Å²) < 4.78 is 1.57. The molecule has 0 aliphatic heterocycles. The minimum Gasteiger partial charge on any atom is -0.382 e. The highest BCUT2D eigenvalue weighted by molar-refractivity contribution is 6.35. The third-order valence-electron chi connectivity index (χ3n) is 4.90. The van der Waals surface area contributed by atoms with E-state index in [1.165, 1.54) is 0 Å². The molecule has 0 saturated heterocycles. The lowest BCUT2D eigenvalue weighted by Crippen LogP contribution is -2.19. The number of nitrogens with zero attached hydrogens (tertiary/aromatic N) is 6. The summed E-state index contributed by atoms with van der Waals surface area (Å²) in [4.78, 5) is 30.5. The Balaban J connectivity index is 1.69. The highest BCUT2D eigenvalue weighted by Gasteiger charge is 2.21. The Morgan fingerprint density at radius 3 is 2.67 bits per heavy atom. The molecule has 3 N–H and O–H groups in total. The quantitative estimate of drug-likeness (QED) is 0.417. The lowest BCUT2D eigenvalue weighted by atomic mass is 10.1. The van der Waals surface area contributed by atoms with Gasteiger partial charge in [0.1, 0.15) is 11.5 Å². The van der Waals surface area contributed by atoms with Crippen molar-refractivity contribution < 1.29 is 4.79 Å². The number of amides is 1. The SMILES string of the molecule is Cc1ccn(-c2nc(N)c(C(=O)Nc3ccccn3)nc2-c2cc(Cl)c3ncccc3c2)n1. The summed E-state index contributed by atoms with van der Waals surface area (Å²) in [5.74, 6) is 0.173.